The van der Waals surface area contributed by atoms with E-state index in [-0.39, 0.29) is 2.85 Å². The second-order valence-corrected chi connectivity index (χ2v) is 5.99. The van der Waals surface area contributed by atoms with Crippen LogP contribution in [0.1, 0.15) is 42.0 Å². The molecule has 0 spiro atoms. The lowest BCUT2D eigenvalue weighted by molar-refractivity contribution is 0.739. The van der Waals surface area contributed by atoms with Crippen LogP contribution < -0.4 is 10.6 Å². The SMILES string of the molecule is CC(C)NC(=S)Nc1cnc2ccc(C(C)C)cc2c1.[HH].[HH]. The minimum atomic E-state index is 0. The Kier molecular flexibility index (Phi) is 4.55. The summed E-state index contributed by atoms with van der Waals surface area (Å²) in [6.45, 7) is 8.50. The van der Waals surface area contributed by atoms with E-state index in [0.717, 1.165) is 16.6 Å². The fourth-order valence-electron chi connectivity index (χ4n) is 2.01. The largest absolute Gasteiger partial charge is 0.360 e. The summed E-state index contributed by atoms with van der Waals surface area (Å²) in [5, 5.41) is 8.09. The summed E-state index contributed by atoms with van der Waals surface area (Å²) >= 11 is 5.25. The molecule has 0 amide bonds. The second-order valence-electron chi connectivity index (χ2n) is 5.58. The lowest BCUT2D eigenvalue weighted by Crippen LogP contribution is -2.33. The van der Waals surface area contributed by atoms with E-state index in [1.165, 1.54) is 5.56 Å². The highest BCUT2D eigenvalue weighted by Crippen LogP contribution is 2.22. The zero-order valence-electron chi connectivity index (χ0n) is 12.4. The Hall–Kier alpha value is -1.68. The van der Waals surface area contributed by atoms with Gasteiger partial charge in [0.2, 0.25) is 0 Å². The Balaban J connectivity index is 0.00000220. The molecule has 110 valence electrons. The molecule has 1 heterocycles. The maximum absolute atomic E-state index is 5.25. The number of hydrogen-bond donors (Lipinski definition) is 2. The van der Waals surface area contributed by atoms with Crippen LogP contribution >= 0.6 is 12.2 Å². The van der Waals surface area contributed by atoms with Gasteiger partial charge in [0.1, 0.15) is 0 Å². The molecule has 3 nitrogen and oxygen atoms in total. The summed E-state index contributed by atoms with van der Waals surface area (Å²) in [5.74, 6) is 0.514. The molecular formula is C16H25N3S. The predicted octanol–water partition coefficient (Wildman–Crippen LogP) is 4.55. The van der Waals surface area contributed by atoms with E-state index in [4.69, 9.17) is 12.2 Å². The third-order valence-corrected chi connectivity index (χ3v) is 3.27. The van der Waals surface area contributed by atoms with Crippen LogP contribution in [0.5, 0.6) is 0 Å². The number of pyridine rings is 1. The molecule has 0 aliphatic rings. The van der Waals surface area contributed by atoms with Gasteiger partial charge in [0.15, 0.2) is 5.11 Å². The van der Waals surface area contributed by atoms with Crippen molar-refractivity contribution >= 4 is 33.9 Å². The number of fused-ring (bicyclic) bond motifs is 1. The van der Waals surface area contributed by atoms with Crippen LogP contribution in [-0.4, -0.2) is 16.1 Å². The van der Waals surface area contributed by atoms with Crippen LogP contribution in [0.25, 0.3) is 10.9 Å². The molecule has 0 bridgehead atoms. The molecule has 0 fully saturated rings. The number of nitrogens with zero attached hydrogens (tertiary/aromatic N) is 1. The number of aromatic nitrogens is 1. The Morgan fingerprint density at radius 2 is 1.95 bits per heavy atom. The summed E-state index contributed by atoms with van der Waals surface area (Å²) in [6, 6.07) is 8.80. The van der Waals surface area contributed by atoms with Crippen molar-refractivity contribution in [2.45, 2.75) is 39.7 Å². The van der Waals surface area contributed by atoms with Crippen LogP contribution in [0.2, 0.25) is 0 Å². The minimum Gasteiger partial charge on any atom is -0.360 e. The first-order valence-electron chi connectivity index (χ1n) is 6.93. The molecule has 2 aromatic rings. The van der Waals surface area contributed by atoms with E-state index < -0.39 is 0 Å². The van der Waals surface area contributed by atoms with Crippen LogP contribution in [0.15, 0.2) is 30.5 Å². The first-order chi connectivity index (χ1) is 9.45. The molecule has 2 N–H and O–H groups in total. The maximum Gasteiger partial charge on any atom is 0.171 e. The number of thiocarbonyl (C=S) groups is 1. The van der Waals surface area contributed by atoms with E-state index in [1.807, 2.05) is 6.20 Å². The fourth-order valence-corrected chi connectivity index (χ4v) is 2.36. The van der Waals surface area contributed by atoms with Gasteiger partial charge in [0, 0.05) is 14.3 Å². The van der Waals surface area contributed by atoms with Crippen molar-refractivity contribution in [3.05, 3.63) is 36.0 Å². The van der Waals surface area contributed by atoms with Crippen molar-refractivity contribution in [2.75, 3.05) is 5.32 Å². The van der Waals surface area contributed by atoms with Crippen LogP contribution in [0.3, 0.4) is 0 Å². The van der Waals surface area contributed by atoms with E-state index in [2.05, 4.69) is 67.6 Å². The topological polar surface area (TPSA) is 37.0 Å². The highest BCUT2D eigenvalue weighted by molar-refractivity contribution is 7.80. The highest BCUT2D eigenvalue weighted by atomic mass is 32.1. The molecule has 4 heteroatoms. The standard InChI is InChI=1S/C16H21N3S.2H2/c1-10(2)12-5-6-15-13(7-12)8-14(9-17-15)19-16(20)18-11(3)4;;/h5-11H,1-4H3,(H2,18,19,20);2*1H. The third kappa shape index (κ3) is 3.67. The normalized spacial score (nSPS) is 11.1. The van der Waals surface area contributed by atoms with Crippen LogP contribution in [-0.2, 0) is 0 Å². The van der Waals surface area contributed by atoms with Gasteiger partial charge in [0.05, 0.1) is 17.4 Å². The number of benzene rings is 1. The molecular weight excluding hydrogens is 266 g/mol. The van der Waals surface area contributed by atoms with Gasteiger partial charge in [0.25, 0.3) is 0 Å². The zero-order valence-corrected chi connectivity index (χ0v) is 13.2. The Morgan fingerprint density at radius 1 is 1.20 bits per heavy atom. The summed E-state index contributed by atoms with van der Waals surface area (Å²) in [7, 11) is 0. The number of hydrogen-bond acceptors (Lipinski definition) is 2. The lowest BCUT2D eigenvalue weighted by atomic mass is 10.0. The molecule has 0 atom stereocenters. The third-order valence-electron chi connectivity index (χ3n) is 3.05. The monoisotopic (exact) mass is 291 g/mol. The molecule has 1 aromatic carbocycles. The Morgan fingerprint density at radius 3 is 2.60 bits per heavy atom. The Bertz CT molecular complexity index is 630. The molecule has 0 radical (unpaired) electrons. The molecule has 0 unspecified atom stereocenters. The molecule has 0 saturated heterocycles. The molecule has 0 aliphatic heterocycles. The second kappa shape index (κ2) is 6.18. The predicted molar refractivity (Wildman–Crippen MR) is 94.6 cm³/mol. The van der Waals surface area contributed by atoms with Crippen molar-refractivity contribution in [3.63, 3.8) is 0 Å². The van der Waals surface area contributed by atoms with Gasteiger partial charge in [-0.3, -0.25) is 4.98 Å². The molecule has 0 aliphatic carbocycles. The number of anilines is 1. The van der Waals surface area contributed by atoms with Gasteiger partial charge in [-0.2, -0.15) is 0 Å². The van der Waals surface area contributed by atoms with Gasteiger partial charge >= 0.3 is 0 Å². The molecule has 2 rings (SSSR count). The smallest absolute Gasteiger partial charge is 0.171 e. The lowest BCUT2D eigenvalue weighted by Gasteiger charge is -2.13. The van der Waals surface area contributed by atoms with Crippen molar-refractivity contribution in [1.82, 2.24) is 10.3 Å². The molecule has 0 saturated carbocycles. The van der Waals surface area contributed by atoms with Crippen molar-refractivity contribution in [3.8, 4) is 0 Å². The summed E-state index contributed by atoms with van der Waals surface area (Å²) < 4.78 is 0. The van der Waals surface area contributed by atoms with E-state index in [1.54, 1.807) is 0 Å². The van der Waals surface area contributed by atoms with Crippen molar-refractivity contribution in [1.29, 1.82) is 0 Å². The maximum atomic E-state index is 5.25. The van der Waals surface area contributed by atoms with Gasteiger partial charge in [-0.05, 0) is 55.7 Å². The number of nitrogens with one attached hydrogen (secondary N) is 2. The average Bonchev–Trinajstić information content (AvgIpc) is 2.36. The molecule has 1 aromatic heterocycles. The Labute approximate surface area is 128 Å². The molecule has 20 heavy (non-hydrogen) atoms. The highest BCUT2D eigenvalue weighted by Gasteiger charge is 2.04. The number of rotatable bonds is 3. The van der Waals surface area contributed by atoms with E-state index in [0.29, 0.717) is 17.1 Å². The van der Waals surface area contributed by atoms with Crippen molar-refractivity contribution in [2.24, 2.45) is 0 Å². The van der Waals surface area contributed by atoms with Gasteiger partial charge < -0.3 is 10.6 Å². The zero-order chi connectivity index (χ0) is 14.7. The van der Waals surface area contributed by atoms with Crippen molar-refractivity contribution < 1.29 is 2.85 Å². The summed E-state index contributed by atoms with van der Waals surface area (Å²) in [5.41, 5.74) is 3.23. The minimum absolute atomic E-state index is 0. The summed E-state index contributed by atoms with van der Waals surface area (Å²) in [4.78, 5) is 4.46. The van der Waals surface area contributed by atoms with E-state index >= 15 is 0 Å². The van der Waals surface area contributed by atoms with E-state index in [9.17, 15) is 0 Å². The fraction of sp³-hybridized carbons (Fsp3) is 0.375. The van der Waals surface area contributed by atoms with Gasteiger partial charge in [-0.1, -0.05) is 19.9 Å². The van der Waals surface area contributed by atoms with Crippen LogP contribution in [0, 0.1) is 0 Å². The first-order valence-corrected chi connectivity index (χ1v) is 7.33. The average molecular weight is 291 g/mol. The summed E-state index contributed by atoms with van der Waals surface area (Å²) in [6.07, 6.45) is 1.81. The quantitative estimate of drug-likeness (QED) is 0.814. The van der Waals surface area contributed by atoms with Crippen LogP contribution in [0.4, 0.5) is 5.69 Å². The van der Waals surface area contributed by atoms with Gasteiger partial charge in [-0.15, -0.1) is 0 Å². The first kappa shape index (κ1) is 14.7. The van der Waals surface area contributed by atoms with Gasteiger partial charge in [-0.25, -0.2) is 0 Å².